The number of nitrogens with zero attached hydrogens (tertiary/aromatic N) is 3. The second kappa shape index (κ2) is 10.1. The zero-order valence-corrected chi connectivity index (χ0v) is 19.1. The van der Waals surface area contributed by atoms with E-state index in [0.717, 1.165) is 11.1 Å². The van der Waals surface area contributed by atoms with Crippen molar-refractivity contribution in [3.05, 3.63) is 75.3 Å². The number of benzene rings is 2. The summed E-state index contributed by atoms with van der Waals surface area (Å²) in [7, 11) is 0. The molecule has 1 heterocycles. The molecular weight excluding hydrogens is 406 g/mol. The first kappa shape index (κ1) is 23.0. The Morgan fingerprint density at radius 3 is 2.53 bits per heavy atom. The predicted octanol–water partition coefficient (Wildman–Crippen LogP) is 4.19. The van der Waals surface area contributed by atoms with E-state index in [1.54, 1.807) is 6.21 Å². The molecule has 3 aromatic rings. The largest absolute Gasteiger partial charge is 0.490 e. The maximum atomic E-state index is 11.6. The lowest BCUT2D eigenvalue weighted by Gasteiger charge is -2.18. The lowest BCUT2D eigenvalue weighted by molar-refractivity contribution is 0.269. The number of ether oxygens (including phenoxy) is 2. The van der Waals surface area contributed by atoms with Crippen molar-refractivity contribution in [3.63, 3.8) is 0 Å². The smallest absolute Gasteiger partial charge is 0.363 e. The molecule has 0 radical (unpaired) electrons. The molecule has 168 valence electrons. The van der Waals surface area contributed by atoms with Gasteiger partial charge in [0.2, 0.25) is 0 Å². The molecule has 32 heavy (non-hydrogen) atoms. The van der Waals surface area contributed by atoms with E-state index in [0.29, 0.717) is 36.2 Å². The number of H-pyrrole nitrogens is 1. The van der Waals surface area contributed by atoms with Gasteiger partial charge in [0.1, 0.15) is 12.3 Å². The highest BCUT2D eigenvalue weighted by Crippen LogP contribution is 2.29. The second-order valence-electron chi connectivity index (χ2n) is 8.37. The number of aromatic nitrogens is 3. The number of aryl methyl sites for hydroxylation is 1. The van der Waals surface area contributed by atoms with Gasteiger partial charge in [-0.2, -0.15) is 15.2 Å². The third-order valence-corrected chi connectivity index (χ3v) is 4.58. The standard InChI is InChI=1S/C24H29N5O3/c1-6-31-20-13-18(11-12-19(20)32-15-17-9-7-16(2)8-10-17)14-25-28-22-21(24(3,4)5)27-29-23(30)26-22/h7-14H,6,15H2,1-5H3,(H2,26,28,29,30)/b25-14+. The molecule has 0 amide bonds. The van der Waals surface area contributed by atoms with E-state index in [1.807, 2.05) is 58.0 Å². The molecule has 0 spiro atoms. The molecule has 2 aromatic carbocycles. The van der Waals surface area contributed by atoms with Gasteiger partial charge in [-0.3, -0.25) is 5.43 Å². The summed E-state index contributed by atoms with van der Waals surface area (Å²) < 4.78 is 11.7. The number of anilines is 1. The first-order chi connectivity index (χ1) is 15.3. The molecule has 0 fully saturated rings. The molecule has 2 N–H and O–H groups in total. The van der Waals surface area contributed by atoms with E-state index in [2.05, 4.69) is 44.8 Å². The van der Waals surface area contributed by atoms with Crippen molar-refractivity contribution in [2.75, 3.05) is 12.0 Å². The molecule has 3 rings (SSSR count). The summed E-state index contributed by atoms with van der Waals surface area (Å²) >= 11 is 0. The van der Waals surface area contributed by atoms with Gasteiger partial charge in [-0.1, -0.05) is 50.6 Å². The van der Waals surface area contributed by atoms with Crippen LogP contribution in [0.15, 0.2) is 52.4 Å². The first-order valence-corrected chi connectivity index (χ1v) is 10.5. The van der Waals surface area contributed by atoms with Gasteiger partial charge in [-0.25, -0.2) is 9.89 Å². The zero-order valence-electron chi connectivity index (χ0n) is 19.1. The van der Waals surface area contributed by atoms with E-state index < -0.39 is 5.69 Å². The third kappa shape index (κ3) is 6.16. The van der Waals surface area contributed by atoms with E-state index in [-0.39, 0.29) is 5.41 Å². The Morgan fingerprint density at radius 1 is 1.09 bits per heavy atom. The molecule has 0 aliphatic heterocycles. The summed E-state index contributed by atoms with van der Waals surface area (Å²) in [6.45, 7) is 10.9. The maximum absolute atomic E-state index is 11.6. The van der Waals surface area contributed by atoms with Gasteiger partial charge in [0.05, 0.1) is 12.8 Å². The topological polar surface area (TPSA) is 101 Å². The van der Waals surface area contributed by atoms with Crippen LogP contribution in [0.1, 0.15) is 50.1 Å². The van der Waals surface area contributed by atoms with Crippen LogP contribution in [-0.4, -0.2) is 28.0 Å². The fraction of sp³-hybridized carbons (Fsp3) is 0.333. The van der Waals surface area contributed by atoms with Gasteiger partial charge in [0.25, 0.3) is 0 Å². The van der Waals surface area contributed by atoms with Crippen LogP contribution in [0.4, 0.5) is 5.82 Å². The Kier molecular flexibility index (Phi) is 7.25. The molecule has 0 aliphatic carbocycles. The number of hydrogen-bond acceptors (Lipinski definition) is 7. The van der Waals surface area contributed by atoms with Crippen LogP contribution in [0.5, 0.6) is 11.5 Å². The summed E-state index contributed by atoms with van der Waals surface area (Å²) in [5, 5.41) is 10.7. The lowest BCUT2D eigenvalue weighted by Crippen LogP contribution is -2.24. The van der Waals surface area contributed by atoms with Crippen molar-refractivity contribution in [2.24, 2.45) is 5.10 Å². The van der Waals surface area contributed by atoms with Crippen molar-refractivity contribution in [1.29, 1.82) is 0 Å². The van der Waals surface area contributed by atoms with Crippen molar-refractivity contribution in [3.8, 4) is 11.5 Å². The van der Waals surface area contributed by atoms with E-state index in [4.69, 9.17) is 9.47 Å². The Hall–Kier alpha value is -3.68. The number of hydrogen-bond donors (Lipinski definition) is 2. The highest BCUT2D eigenvalue weighted by atomic mass is 16.5. The van der Waals surface area contributed by atoms with Crippen molar-refractivity contribution in [1.82, 2.24) is 15.2 Å². The average Bonchev–Trinajstić information content (AvgIpc) is 2.74. The minimum absolute atomic E-state index is 0.312. The summed E-state index contributed by atoms with van der Waals surface area (Å²) in [6.07, 6.45) is 1.63. The molecule has 1 aromatic heterocycles. The van der Waals surface area contributed by atoms with E-state index in [9.17, 15) is 4.79 Å². The lowest BCUT2D eigenvalue weighted by atomic mass is 9.92. The van der Waals surface area contributed by atoms with Gasteiger partial charge < -0.3 is 9.47 Å². The van der Waals surface area contributed by atoms with Crippen LogP contribution < -0.4 is 20.6 Å². The Balaban J connectivity index is 1.74. The van der Waals surface area contributed by atoms with Gasteiger partial charge in [0.15, 0.2) is 17.3 Å². The summed E-state index contributed by atoms with van der Waals surface area (Å²) in [4.78, 5) is 15.5. The summed E-state index contributed by atoms with van der Waals surface area (Å²) in [5.74, 6) is 1.61. The van der Waals surface area contributed by atoms with Crippen LogP contribution in [0.3, 0.4) is 0 Å². The fourth-order valence-corrected chi connectivity index (χ4v) is 2.94. The highest BCUT2D eigenvalue weighted by molar-refractivity contribution is 5.81. The molecule has 0 bridgehead atoms. The second-order valence-corrected chi connectivity index (χ2v) is 8.37. The van der Waals surface area contributed by atoms with Crippen molar-refractivity contribution in [2.45, 2.75) is 46.6 Å². The SMILES string of the molecule is CCOc1cc(/C=N/Nc2nc(=O)[nH]nc2C(C)(C)C)ccc1OCc1ccc(C)cc1. The van der Waals surface area contributed by atoms with Crippen molar-refractivity contribution >= 4 is 12.0 Å². The number of aromatic amines is 1. The number of hydrazone groups is 1. The quantitative estimate of drug-likeness (QED) is 0.406. The van der Waals surface area contributed by atoms with E-state index in [1.165, 1.54) is 5.56 Å². The minimum Gasteiger partial charge on any atom is -0.490 e. The molecule has 0 saturated carbocycles. The van der Waals surface area contributed by atoms with Crippen molar-refractivity contribution < 1.29 is 9.47 Å². The Labute approximate surface area is 187 Å². The monoisotopic (exact) mass is 435 g/mol. The molecule has 0 aliphatic rings. The zero-order chi connectivity index (χ0) is 23.1. The minimum atomic E-state index is -0.538. The normalized spacial score (nSPS) is 11.5. The maximum Gasteiger partial charge on any atom is 0.363 e. The summed E-state index contributed by atoms with van der Waals surface area (Å²) in [5.41, 5.74) is 5.69. The Bertz CT molecular complexity index is 1130. The predicted molar refractivity (Wildman–Crippen MR) is 126 cm³/mol. The van der Waals surface area contributed by atoms with E-state index >= 15 is 0 Å². The van der Waals surface area contributed by atoms with Crippen LogP contribution in [0.25, 0.3) is 0 Å². The molecule has 8 heteroatoms. The Morgan fingerprint density at radius 2 is 1.84 bits per heavy atom. The summed E-state index contributed by atoms with van der Waals surface area (Å²) in [6, 6.07) is 13.8. The highest BCUT2D eigenvalue weighted by Gasteiger charge is 2.21. The van der Waals surface area contributed by atoms with Crippen LogP contribution in [-0.2, 0) is 12.0 Å². The van der Waals surface area contributed by atoms with Gasteiger partial charge >= 0.3 is 5.69 Å². The molecule has 0 saturated heterocycles. The van der Waals surface area contributed by atoms with Crippen LogP contribution in [0.2, 0.25) is 0 Å². The first-order valence-electron chi connectivity index (χ1n) is 10.5. The number of rotatable bonds is 8. The van der Waals surface area contributed by atoms with Gasteiger partial charge in [0, 0.05) is 5.41 Å². The van der Waals surface area contributed by atoms with Crippen LogP contribution >= 0.6 is 0 Å². The fourth-order valence-electron chi connectivity index (χ4n) is 2.94. The average molecular weight is 436 g/mol. The molecule has 8 nitrogen and oxygen atoms in total. The molecular formula is C24H29N5O3. The van der Waals surface area contributed by atoms with Crippen LogP contribution in [0, 0.1) is 6.92 Å². The molecule has 0 unspecified atom stereocenters. The third-order valence-electron chi connectivity index (χ3n) is 4.58. The van der Waals surface area contributed by atoms with Gasteiger partial charge in [-0.05, 0) is 43.2 Å². The number of nitrogens with one attached hydrogen (secondary N) is 2. The van der Waals surface area contributed by atoms with Gasteiger partial charge in [-0.15, -0.1) is 0 Å². The molecule has 0 atom stereocenters.